The highest BCUT2D eigenvalue weighted by molar-refractivity contribution is 5.86. The van der Waals surface area contributed by atoms with Gasteiger partial charge in [-0.25, -0.2) is 15.0 Å². The van der Waals surface area contributed by atoms with E-state index in [-0.39, 0.29) is 12.5 Å². The highest BCUT2D eigenvalue weighted by Gasteiger charge is 2.17. The first-order valence-corrected chi connectivity index (χ1v) is 8.25. The van der Waals surface area contributed by atoms with Crippen molar-refractivity contribution in [1.82, 2.24) is 40.0 Å². The van der Waals surface area contributed by atoms with Crippen LogP contribution in [0.5, 0.6) is 0 Å². The highest BCUT2D eigenvalue weighted by atomic mass is 16.2. The number of anilines is 1. The van der Waals surface area contributed by atoms with Gasteiger partial charge in [-0.1, -0.05) is 0 Å². The van der Waals surface area contributed by atoms with Gasteiger partial charge in [0.1, 0.15) is 17.7 Å². The molecule has 3 aromatic rings. The summed E-state index contributed by atoms with van der Waals surface area (Å²) in [6.07, 6.45) is 6.23. The van der Waals surface area contributed by atoms with Gasteiger partial charge >= 0.3 is 0 Å². The van der Waals surface area contributed by atoms with Gasteiger partial charge in [0.2, 0.25) is 5.91 Å². The number of rotatable bonds is 5. The SMILES string of the molecule is CN(CC(=O)NCc1nnc2n1CCCC2)c1ncnc2nc[nH]c12. The number of amides is 1. The summed E-state index contributed by atoms with van der Waals surface area (Å²) in [5.41, 5.74) is 1.29. The van der Waals surface area contributed by atoms with Crippen molar-refractivity contribution in [2.24, 2.45) is 0 Å². The first kappa shape index (κ1) is 15.5. The van der Waals surface area contributed by atoms with E-state index in [9.17, 15) is 4.79 Å². The van der Waals surface area contributed by atoms with Gasteiger partial charge in [-0.3, -0.25) is 4.79 Å². The third kappa shape index (κ3) is 3.02. The van der Waals surface area contributed by atoms with Crippen LogP contribution in [-0.4, -0.2) is 54.2 Å². The summed E-state index contributed by atoms with van der Waals surface area (Å²) in [5, 5.41) is 11.3. The standard InChI is InChI=1S/C15H19N9O/c1-23(15-13-14(18-8-17-13)19-9-20-15)7-12(25)16-6-11-22-21-10-4-2-3-5-24(10)11/h8-9H,2-7H2,1H3,(H,16,25)(H,17,18,19,20). The predicted octanol–water partition coefficient (Wildman–Crippen LogP) is 0.0333. The van der Waals surface area contributed by atoms with Gasteiger partial charge in [-0.05, 0) is 12.8 Å². The predicted molar refractivity (Wildman–Crippen MR) is 89.8 cm³/mol. The fourth-order valence-corrected chi connectivity index (χ4v) is 3.06. The van der Waals surface area contributed by atoms with Crippen molar-refractivity contribution in [2.45, 2.75) is 32.4 Å². The fraction of sp³-hybridized carbons (Fsp3) is 0.467. The summed E-state index contributed by atoms with van der Waals surface area (Å²) in [4.78, 5) is 29.5. The molecule has 10 nitrogen and oxygen atoms in total. The van der Waals surface area contributed by atoms with Crippen LogP contribution in [0.2, 0.25) is 0 Å². The number of fused-ring (bicyclic) bond motifs is 2. The van der Waals surface area contributed by atoms with Crippen molar-refractivity contribution < 1.29 is 4.79 Å². The zero-order valence-electron chi connectivity index (χ0n) is 13.9. The number of H-pyrrole nitrogens is 1. The van der Waals surface area contributed by atoms with Crippen molar-refractivity contribution in [3.05, 3.63) is 24.3 Å². The Bertz CT molecular complexity index is 899. The first-order valence-electron chi connectivity index (χ1n) is 8.25. The number of carbonyl (C=O) groups is 1. The number of hydrogen-bond acceptors (Lipinski definition) is 7. The van der Waals surface area contributed by atoms with E-state index < -0.39 is 0 Å². The van der Waals surface area contributed by atoms with Crippen molar-refractivity contribution in [2.75, 3.05) is 18.5 Å². The summed E-state index contributed by atoms with van der Waals surface area (Å²) in [6, 6.07) is 0. The van der Waals surface area contributed by atoms with Gasteiger partial charge in [0, 0.05) is 20.0 Å². The molecular formula is C15H19N9O. The normalized spacial score (nSPS) is 13.6. The Kier molecular flexibility index (Phi) is 4.00. The Labute approximate surface area is 143 Å². The second-order valence-electron chi connectivity index (χ2n) is 6.07. The molecule has 25 heavy (non-hydrogen) atoms. The highest BCUT2D eigenvalue weighted by Crippen LogP contribution is 2.18. The molecule has 0 saturated heterocycles. The number of nitrogens with zero attached hydrogens (tertiary/aromatic N) is 7. The summed E-state index contributed by atoms with van der Waals surface area (Å²) in [6.45, 7) is 1.47. The third-order valence-electron chi connectivity index (χ3n) is 4.33. The van der Waals surface area contributed by atoms with Crippen LogP contribution in [0.1, 0.15) is 24.5 Å². The van der Waals surface area contributed by atoms with Crippen molar-refractivity contribution >= 4 is 22.9 Å². The van der Waals surface area contributed by atoms with Crippen molar-refractivity contribution in [3.8, 4) is 0 Å². The first-order chi connectivity index (χ1) is 12.2. The number of likely N-dealkylation sites (N-methyl/N-ethyl adjacent to an activating group) is 1. The minimum atomic E-state index is -0.109. The third-order valence-corrected chi connectivity index (χ3v) is 4.33. The van der Waals surface area contributed by atoms with Crippen LogP contribution in [0.4, 0.5) is 5.82 Å². The zero-order valence-corrected chi connectivity index (χ0v) is 13.9. The Morgan fingerprint density at radius 3 is 3.16 bits per heavy atom. The van der Waals surface area contributed by atoms with Gasteiger partial charge in [0.15, 0.2) is 17.3 Å². The van der Waals surface area contributed by atoms with E-state index in [1.54, 1.807) is 18.3 Å². The van der Waals surface area contributed by atoms with Gasteiger partial charge in [0.25, 0.3) is 0 Å². The van der Waals surface area contributed by atoms with E-state index in [2.05, 4.69) is 40.0 Å². The molecule has 4 heterocycles. The van der Waals surface area contributed by atoms with Crippen LogP contribution in [0.25, 0.3) is 11.2 Å². The summed E-state index contributed by atoms with van der Waals surface area (Å²) < 4.78 is 2.10. The Morgan fingerprint density at radius 1 is 1.32 bits per heavy atom. The second-order valence-corrected chi connectivity index (χ2v) is 6.07. The average molecular weight is 341 g/mol. The molecule has 0 radical (unpaired) electrons. The maximum atomic E-state index is 12.3. The van der Waals surface area contributed by atoms with E-state index in [0.29, 0.717) is 23.5 Å². The number of hydrogen-bond donors (Lipinski definition) is 2. The van der Waals surface area contributed by atoms with Crippen LogP contribution in [-0.2, 0) is 24.3 Å². The molecule has 0 saturated carbocycles. The maximum absolute atomic E-state index is 12.3. The molecular weight excluding hydrogens is 322 g/mol. The van der Waals surface area contributed by atoms with Gasteiger partial charge in [0.05, 0.1) is 19.4 Å². The lowest BCUT2D eigenvalue weighted by molar-refractivity contribution is -0.119. The number of nitrogens with one attached hydrogen (secondary N) is 2. The summed E-state index contributed by atoms with van der Waals surface area (Å²) in [5.74, 6) is 2.35. The number of aromatic amines is 1. The van der Waals surface area contributed by atoms with E-state index in [0.717, 1.165) is 37.5 Å². The fourth-order valence-electron chi connectivity index (χ4n) is 3.06. The van der Waals surface area contributed by atoms with Gasteiger partial charge in [-0.15, -0.1) is 10.2 Å². The molecule has 10 heteroatoms. The molecule has 0 unspecified atom stereocenters. The Balaban J connectivity index is 1.39. The lowest BCUT2D eigenvalue weighted by Gasteiger charge is -2.18. The zero-order chi connectivity index (χ0) is 17.2. The molecule has 2 N–H and O–H groups in total. The van der Waals surface area contributed by atoms with E-state index >= 15 is 0 Å². The van der Waals surface area contributed by atoms with E-state index in [4.69, 9.17) is 0 Å². The minimum absolute atomic E-state index is 0.109. The molecule has 0 aliphatic carbocycles. The molecule has 0 atom stereocenters. The molecule has 0 fully saturated rings. The maximum Gasteiger partial charge on any atom is 0.239 e. The van der Waals surface area contributed by atoms with Crippen LogP contribution < -0.4 is 10.2 Å². The lowest BCUT2D eigenvalue weighted by Crippen LogP contribution is -2.36. The van der Waals surface area contributed by atoms with Crippen LogP contribution in [0, 0.1) is 0 Å². The van der Waals surface area contributed by atoms with E-state index in [1.165, 1.54) is 6.33 Å². The van der Waals surface area contributed by atoms with Gasteiger partial charge < -0.3 is 19.8 Å². The van der Waals surface area contributed by atoms with Crippen LogP contribution >= 0.6 is 0 Å². The Morgan fingerprint density at radius 2 is 2.24 bits per heavy atom. The molecule has 1 aliphatic rings. The Hall–Kier alpha value is -3.04. The van der Waals surface area contributed by atoms with Crippen LogP contribution in [0.3, 0.4) is 0 Å². The second kappa shape index (κ2) is 6.46. The molecule has 4 rings (SSSR count). The molecule has 3 aromatic heterocycles. The molecule has 1 aliphatic heterocycles. The molecule has 0 aromatic carbocycles. The minimum Gasteiger partial charge on any atom is -0.348 e. The topological polar surface area (TPSA) is 118 Å². The van der Waals surface area contributed by atoms with Crippen LogP contribution in [0.15, 0.2) is 12.7 Å². The van der Waals surface area contributed by atoms with Crippen molar-refractivity contribution in [3.63, 3.8) is 0 Å². The quantitative estimate of drug-likeness (QED) is 0.672. The molecule has 0 bridgehead atoms. The molecule has 130 valence electrons. The number of aryl methyl sites for hydroxylation is 1. The monoisotopic (exact) mass is 341 g/mol. The van der Waals surface area contributed by atoms with Crippen molar-refractivity contribution in [1.29, 1.82) is 0 Å². The largest absolute Gasteiger partial charge is 0.348 e. The molecule has 0 spiro atoms. The summed E-state index contributed by atoms with van der Waals surface area (Å²) >= 11 is 0. The average Bonchev–Trinajstić information content (AvgIpc) is 3.26. The van der Waals surface area contributed by atoms with E-state index in [1.807, 2.05) is 0 Å². The number of imidazole rings is 1. The lowest BCUT2D eigenvalue weighted by atomic mass is 10.2. The smallest absolute Gasteiger partial charge is 0.239 e. The summed E-state index contributed by atoms with van der Waals surface area (Å²) in [7, 11) is 1.81. The number of carbonyl (C=O) groups excluding carboxylic acids is 1. The molecule has 1 amide bonds. The number of aromatic nitrogens is 7. The van der Waals surface area contributed by atoms with Gasteiger partial charge in [-0.2, -0.15) is 0 Å².